The third-order valence-electron chi connectivity index (χ3n) is 2.52. The molecule has 0 aliphatic heterocycles. The van der Waals surface area contributed by atoms with Gasteiger partial charge in [0.15, 0.2) is 10.9 Å². The van der Waals surface area contributed by atoms with E-state index in [-0.39, 0.29) is 22.6 Å². The fourth-order valence-corrected chi connectivity index (χ4v) is 2.21. The second kappa shape index (κ2) is 6.89. The second-order valence-corrected chi connectivity index (χ2v) is 4.95. The van der Waals surface area contributed by atoms with Crippen molar-refractivity contribution in [3.05, 3.63) is 34.6 Å². The van der Waals surface area contributed by atoms with Crippen molar-refractivity contribution < 1.29 is 9.53 Å². The van der Waals surface area contributed by atoms with Crippen molar-refractivity contribution in [3.8, 4) is 11.3 Å². The number of aromatic nitrogens is 3. The van der Waals surface area contributed by atoms with Gasteiger partial charge in [-0.15, -0.1) is 10.2 Å². The molecule has 0 fully saturated rings. The van der Waals surface area contributed by atoms with Crippen LogP contribution in [-0.2, 0) is 9.53 Å². The molecule has 0 aliphatic rings. The van der Waals surface area contributed by atoms with E-state index in [0.29, 0.717) is 17.9 Å². The maximum absolute atomic E-state index is 12.0. The summed E-state index contributed by atoms with van der Waals surface area (Å²) in [5.74, 6) is -0.313. The Morgan fingerprint density at radius 2 is 2.14 bits per heavy atom. The third-order valence-corrected chi connectivity index (χ3v) is 3.36. The standard InChI is InChI=1S/C13H14N4O3S/c1-2-20-10(18)7-21-13-15-12(19)11(16-17-13)8-5-3-4-6-9(8)14/h3-6H,2,7,14H2,1H3,(H,15,17,19). The van der Waals surface area contributed by atoms with Crippen LogP contribution in [0.3, 0.4) is 0 Å². The number of ether oxygens (including phenoxy) is 1. The van der Waals surface area contributed by atoms with Crippen molar-refractivity contribution in [2.24, 2.45) is 0 Å². The number of H-pyrrole nitrogens is 1. The first-order valence-electron chi connectivity index (χ1n) is 6.22. The highest BCUT2D eigenvalue weighted by Gasteiger charge is 2.11. The Bertz CT molecular complexity index is 702. The van der Waals surface area contributed by atoms with E-state index in [1.54, 1.807) is 31.2 Å². The number of rotatable bonds is 5. The summed E-state index contributed by atoms with van der Waals surface area (Å²) in [5.41, 5.74) is 6.51. The van der Waals surface area contributed by atoms with Gasteiger partial charge in [-0.25, -0.2) is 0 Å². The molecule has 0 atom stereocenters. The number of carbonyl (C=O) groups excluding carboxylic acids is 1. The summed E-state index contributed by atoms with van der Waals surface area (Å²) in [7, 11) is 0. The predicted molar refractivity (Wildman–Crippen MR) is 79.9 cm³/mol. The molecule has 21 heavy (non-hydrogen) atoms. The van der Waals surface area contributed by atoms with Crippen molar-refractivity contribution in [2.75, 3.05) is 18.1 Å². The highest BCUT2D eigenvalue weighted by Crippen LogP contribution is 2.20. The Labute approximate surface area is 124 Å². The number of hydrogen-bond donors (Lipinski definition) is 2. The first kappa shape index (κ1) is 15.0. The summed E-state index contributed by atoms with van der Waals surface area (Å²) in [6.45, 7) is 2.04. The van der Waals surface area contributed by atoms with E-state index in [0.717, 1.165) is 11.8 Å². The average molecular weight is 306 g/mol. The summed E-state index contributed by atoms with van der Waals surface area (Å²) in [4.78, 5) is 25.8. The van der Waals surface area contributed by atoms with E-state index in [9.17, 15) is 9.59 Å². The molecule has 110 valence electrons. The smallest absolute Gasteiger partial charge is 0.316 e. The summed E-state index contributed by atoms with van der Waals surface area (Å²) < 4.78 is 4.79. The number of nitrogens with two attached hydrogens (primary N) is 1. The molecule has 1 aromatic heterocycles. The molecule has 0 aliphatic carbocycles. The van der Waals surface area contributed by atoms with Gasteiger partial charge >= 0.3 is 5.97 Å². The lowest BCUT2D eigenvalue weighted by Gasteiger charge is -2.04. The maximum atomic E-state index is 12.0. The number of para-hydroxylation sites is 1. The molecule has 8 heteroatoms. The number of aromatic amines is 1. The van der Waals surface area contributed by atoms with Gasteiger partial charge in [0.2, 0.25) is 0 Å². The maximum Gasteiger partial charge on any atom is 0.316 e. The Morgan fingerprint density at radius 3 is 2.81 bits per heavy atom. The van der Waals surface area contributed by atoms with Crippen LogP contribution in [0.5, 0.6) is 0 Å². The van der Waals surface area contributed by atoms with E-state index in [2.05, 4.69) is 15.2 Å². The summed E-state index contributed by atoms with van der Waals surface area (Å²) in [6.07, 6.45) is 0. The van der Waals surface area contributed by atoms with Crippen molar-refractivity contribution >= 4 is 23.4 Å². The molecule has 1 heterocycles. The fourth-order valence-electron chi connectivity index (χ4n) is 1.61. The number of thioether (sulfide) groups is 1. The van der Waals surface area contributed by atoms with Crippen LogP contribution in [0, 0.1) is 0 Å². The molecule has 0 amide bonds. The fraction of sp³-hybridized carbons (Fsp3) is 0.231. The summed E-state index contributed by atoms with van der Waals surface area (Å²) >= 11 is 1.06. The van der Waals surface area contributed by atoms with Gasteiger partial charge in [0.05, 0.1) is 12.4 Å². The number of hydrogen-bond acceptors (Lipinski definition) is 7. The van der Waals surface area contributed by atoms with Crippen molar-refractivity contribution in [1.29, 1.82) is 0 Å². The molecule has 2 aromatic rings. The average Bonchev–Trinajstić information content (AvgIpc) is 2.47. The normalized spacial score (nSPS) is 10.3. The van der Waals surface area contributed by atoms with Crippen LogP contribution in [0.2, 0.25) is 0 Å². The molecule has 0 bridgehead atoms. The molecular formula is C13H14N4O3S. The highest BCUT2D eigenvalue weighted by atomic mass is 32.2. The molecule has 0 saturated heterocycles. The molecule has 3 N–H and O–H groups in total. The van der Waals surface area contributed by atoms with E-state index in [1.807, 2.05) is 0 Å². The number of nitrogen functional groups attached to an aromatic ring is 1. The molecular weight excluding hydrogens is 292 g/mol. The molecule has 0 unspecified atom stereocenters. The van der Waals surface area contributed by atoms with Crippen LogP contribution in [0.1, 0.15) is 6.92 Å². The molecule has 0 spiro atoms. The highest BCUT2D eigenvalue weighted by molar-refractivity contribution is 7.99. The number of carbonyl (C=O) groups is 1. The van der Waals surface area contributed by atoms with Gasteiger partial charge in [0.1, 0.15) is 0 Å². The van der Waals surface area contributed by atoms with Crippen LogP contribution in [0.4, 0.5) is 5.69 Å². The van der Waals surface area contributed by atoms with E-state index in [4.69, 9.17) is 10.5 Å². The molecule has 7 nitrogen and oxygen atoms in total. The summed E-state index contributed by atoms with van der Waals surface area (Å²) in [6, 6.07) is 6.90. The van der Waals surface area contributed by atoms with Gasteiger partial charge < -0.3 is 10.5 Å². The van der Waals surface area contributed by atoms with Crippen molar-refractivity contribution in [1.82, 2.24) is 15.2 Å². The minimum Gasteiger partial charge on any atom is -0.465 e. The number of esters is 1. The van der Waals surface area contributed by atoms with E-state index >= 15 is 0 Å². The zero-order valence-electron chi connectivity index (χ0n) is 11.3. The number of nitrogens with zero attached hydrogens (tertiary/aromatic N) is 2. The Kier molecular flexibility index (Phi) is 4.94. The lowest BCUT2D eigenvalue weighted by atomic mass is 10.1. The molecule has 0 radical (unpaired) electrons. The Balaban J connectivity index is 2.17. The van der Waals surface area contributed by atoms with Crippen LogP contribution >= 0.6 is 11.8 Å². The van der Waals surface area contributed by atoms with Gasteiger partial charge in [-0.3, -0.25) is 14.6 Å². The molecule has 2 rings (SSSR count). The van der Waals surface area contributed by atoms with Gasteiger partial charge in [-0.1, -0.05) is 30.0 Å². The zero-order valence-corrected chi connectivity index (χ0v) is 12.1. The third kappa shape index (κ3) is 3.82. The Morgan fingerprint density at radius 1 is 1.38 bits per heavy atom. The second-order valence-electron chi connectivity index (χ2n) is 3.99. The minimum atomic E-state index is -0.408. The van der Waals surface area contributed by atoms with Gasteiger partial charge in [-0.05, 0) is 13.0 Å². The lowest BCUT2D eigenvalue weighted by Crippen LogP contribution is -2.16. The topological polar surface area (TPSA) is 111 Å². The monoisotopic (exact) mass is 306 g/mol. The van der Waals surface area contributed by atoms with Crippen LogP contribution < -0.4 is 11.3 Å². The quantitative estimate of drug-likeness (QED) is 0.483. The van der Waals surface area contributed by atoms with Crippen molar-refractivity contribution in [2.45, 2.75) is 12.1 Å². The van der Waals surface area contributed by atoms with Crippen LogP contribution in [-0.4, -0.2) is 33.5 Å². The lowest BCUT2D eigenvalue weighted by molar-refractivity contribution is -0.139. The molecule has 1 aromatic carbocycles. The largest absolute Gasteiger partial charge is 0.465 e. The van der Waals surface area contributed by atoms with E-state index in [1.165, 1.54) is 0 Å². The first-order valence-corrected chi connectivity index (χ1v) is 7.20. The van der Waals surface area contributed by atoms with Gasteiger partial charge in [0.25, 0.3) is 5.56 Å². The Hall–Kier alpha value is -2.35. The van der Waals surface area contributed by atoms with Crippen molar-refractivity contribution in [3.63, 3.8) is 0 Å². The van der Waals surface area contributed by atoms with Gasteiger partial charge in [0, 0.05) is 11.3 Å². The molecule has 0 saturated carbocycles. The van der Waals surface area contributed by atoms with Crippen LogP contribution in [0.25, 0.3) is 11.3 Å². The van der Waals surface area contributed by atoms with Crippen LogP contribution in [0.15, 0.2) is 34.2 Å². The number of benzene rings is 1. The van der Waals surface area contributed by atoms with Gasteiger partial charge in [-0.2, -0.15) is 0 Å². The number of anilines is 1. The zero-order chi connectivity index (χ0) is 15.2. The summed E-state index contributed by atoms with van der Waals surface area (Å²) in [5, 5.41) is 8.03. The minimum absolute atomic E-state index is 0.0608. The SMILES string of the molecule is CCOC(=O)CSc1nnc(-c2ccccc2N)c(=O)[nH]1. The van der Waals surface area contributed by atoms with E-state index < -0.39 is 5.56 Å². The first-order chi connectivity index (χ1) is 10.1. The predicted octanol–water partition coefficient (Wildman–Crippen LogP) is 1.07. The number of nitrogens with one attached hydrogen (secondary N) is 1.